The molecule has 2 heterocycles. The second-order valence-electron chi connectivity index (χ2n) is 9.34. The summed E-state index contributed by atoms with van der Waals surface area (Å²) in [5, 5.41) is 0. The lowest BCUT2D eigenvalue weighted by Crippen LogP contribution is -2.51. The number of piperidine rings is 1. The quantitative estimate of drug-likeness (QED) is 0.695. The molecule has 1 atom stereocenters. The highest BCUT2D eigenvalue weighted by Gasteiger charge is 2.30. The molecule has 6 nitrogen and oxygen atoms in total. The van der Waals surface area contributed by atoms with Gasteiger partial charge >= 0.3 is 6.03 Å². The van der Waals surface area contributed by atoms with Crippen molar-refractivity contribution in [2.45, 2.75) is 51.5 Å². The van der Waals surface area contributed by atoms with Gasteiger partial charge in [-0.3, -0.25) is 4.90 Å². The molecule has 4 rings (SSSR count). The first-order chi connectivity index (χ1) is 15.2. The first kappa shape index (κ1) is 22.4. The van der Waals surface area contributed by atoms with E-state index in [0.29, 0.717) is 25.2 Å². The molecule has 0 spiro atoms. The zero-order valence-corrected chi connectivity index (χ0v) is 19.4. The monoisotopic (exact) mass is 429 g/mol. The summed E-state index contributed by atoms with van der Waals surface area (Å²) >= 11 is 0. The zero-order chi connectivity index (χ0) is 21.6. The molecule has 0 saturated carbocycles. The van der Waals surface area contributed by atoms with Gasteiger partial charge in [-0.25, -0.2) is 4.79 Å². The number of amides is 2. The van der Waals surface area contributed by atoms with Gasteiger partial charge in [0.1, 0.15) is 5.75 Å². The molecule has 0 N–H and O–H groups in total. The molecule has 2 saturated heterocycles. The summed E-state index contributed by atoms with van der Waals surface area (Å²) in [5.41, 5.74) is 2.95. The van der Waals surface area contributed by atoms with Crippen LogP contribution in [0.1, 0.15) is 43.7 Å². The van der Waals surface area contributed by atoms with Gasteiger partial charge in [-0.1, -0.05) is 13.0 Å². The van der Waals surface area contributed by atoms with Crippen LogP contribution in [0.2, 0.25) is 0 Å². The minimum atomic E-state index is 0.213. The van der Waals surface area contributed by atoms with Crippen molar-refractivity contribution in [1.82, 2.24) is 14.7 Å². The highest BCUT2D eigenvalue weighted by atomic mass is 16.5. The number of ether oxygens (including phenoxy) is 2. The van der Waals surface area contributed by atoms with Crippen LogP contribution < -0.4 is 4.74 Å². The lowest BCUT2D eigenvalue weighted by atomic mass is 9.86. The number of nitrogens with zero attached hydrogens (tertiary/aromatic N) is 3. The Hall–Kier alpha value is -1.79. The van der Waals surface area contributed by atoms with Gasteiger partial charge in [-0.2, -0.15) is 0 Å². The topological polar surface area (TPSA) is 45.2 Å². The maximum atomic E-state index is 12.8. The lowest BCUT2D eigenvalue weighted by molar-refractivity contribution is 0.0383. The predicted molar refractivity (Wildman–Crippen MR) is 123 cm³/mol. The zero-order valence-electron chi connectivity index (χ0n) is 19.4. The minimum Gasteiger partial charge on any atom is -0.497 e. The number of carbonyl (C=O) groups excluding carboxylic acids is 1. The van der Waals surface area contributed by atoms with Gasteiger partial charge in [0.05, 0.1) is 20.3 Å². The SMILES string of the molecule is CCCN(CC1CCN(C(=O)N2CCOCC2)CC1)C1CCc2ccc(OC)cc2C1. The fourth-order valence-electron chi connectivity index (χ4n) is 5.46. The van der Waals surface area contributed by atoms with Gasteiger partial charge in [-0.05, 0) is 74.2 Å². The Morgan fingerprint density at radius 3 is 2.55 bits per heavy atom. The average Bonchev–Trinajstić information content (AvgIpc) is 2.83. The van der Waals surface area contributed by atoms with Crippen LogP contribution in [0, 0.1) is 5.92 Å². The molecule has 2 fully saturated rings. The number of urea groups is 1. The molecule has 1 aromatic rings. The fraction of sp³-hybridized carbons (Fsp3) is 0.720. The van der Waals surface area contributed by atoms with E-state index in [0.717, 1.165) is 70.7 Å². The van der Waals surface area contributed by atoms with E-state index < -0.39 is 0 Å². The molecule has 2 aliphatic heterocycles. The summed E-state index contributed by atoms with van der Waals surface area (Å²) in [5.74, 6) is 1.66. The minimum absolute atomic E-state index is 0.213. The van der Waals surface area contributed by atoms with Crippen molar-refractivity contribution in [3.63, 3.8) is 0 Å². The van der Waals surface area contributed by atoms with Crippen LogP contribution >= 0.6 is 0 Å². The van der Waals surface area contributed by atoms with Crippen molar-refractivity contribution in [2.24, 2.45) is 5.92 Å². The Morgan fingerprint density at radius 2 is 1.84 bits per heavy atom. The van der Waals surface area contributed by atoms with Gasteiger partial charge in [-0.15, -0.1) is 0 Å². The highest BCUT2D eigenvalue weighted by Crippen LogP contribution is 2.29. The molecular formula is C25H39N3O3. The Bertz CT molecular complexity index is 727. The molecule has 0 aromatic heterocycles. The van der Waals surface area contributed by atoms with Crippen LogP contribution in [0.15, 0.2) is 18.2 Å². The second kappa shape index (κ2) is 10.7. The van der Waals surface area contributed by atoms with Crippen molar-refractivity contribution in [2.75, 3.05) is 59.6 Å². The molecule has 0 radical (unpaired) electrons. The van der Waals surface area contributed by atoms with E-state index >= 15 is 0 Å². The van der Waals surface area contributed by atoms with Crippen LogP contribution in [-0.2, 0) is 17.6 Å². The Labute approximate surface area is 187 Å². The van der Waals surface area contributed by atoms with Crippen LogP contribution in [-0.4, -0.2) is 86.4 Å². The maximum absolute atomic E-state index is 12.8. The summed E-state index contributed by atoms with van der Waals surface area (Å²) < 4.78 is 10.9. The molecular weight excluding hydrogens is 390 g/mol. The molecule has 2 amide bonds. The molecule has 1 aliphatic carbocycles. The van der Waals surface area contributed by atoms with Crippen LogP contribution in [0.3, 0.4) is 0 Å². The molecule has 0 bridgehead atoms. The van der Waals surface area contributed by atoms with Gasteiger partial charge < -0.3 is 19.3 Å². The summed E-state index contributed by atoms with van der Waals surface area (Å²) in [6.07, 6.45) is 6.96. The summed E-state index contributed by atoms with van der Waals surface area (Å²) in [6.45, 7) is 9.21. The van der Waals surface area contributed by atoms with Crippen molar-refractivity contribution in [3.8, 4) is 5.75 Å². The Balaban J connectivity index is 1.31. The molecule has 1 aromatic carbocycles. The third kappa shape index (κ3) is 5.53. The number of aryl methyl sites for hydroxylation is 1. The number of rotatable bonds is 6. The molecule has 172 valence electrons. The summed E-state index contributed by atoms with van der Waals surface area (Å²) in [7, 11) is 1.75. The first-order valence-corrected chi connectivity index (χ1v) is 12.2. The molecule has 3 aliphatic rings. The number of fused-ring (bicyclic) bond motifs is 1. The third-order valence-electron chi connectivity index (χ3n) is 7.30. The van der Waals surface area contributed by atoms with E-state index in [2.05, 4.69) is 34.9 Å². The number of benzene rings is 1. The number of likely N-dealkylation sites (tertiary alicyclic amines) is 1. The molecule has 1 unspecified atom stereocenters. The van der Waals surface area contributed by atoms with Crippen molar-refractivity contribution < 1.29 is 14.3 Å². The first-order valence-electron chi connectivity index (χ1n) is 12.2. The largest absolute Gasteiger partial charge is 0.497 e. The third-order valence-corrected chi connectivity index (χ3v) is 7.30. The van der Waals surface area contributed by atoms with Gasteiger partial charge in [0, 0.05) is 38.8 Å². The van der Waals surface area contributed by atoms with Crippen LogP contribution in [0.25, 0.3) is 0 Å². The number of hydrogen-bond acceptors (Lipinski definition) is 4. The predicted octanol–water partition coefficient (Wildman–Crippen LogP) is 3.43. The van der Waals surface area contributed by atoms with Gasteiger partial charge in [0.15, 0.2) is 0 Å². The number of morpholine rings is 1. The second-order valence-corrected chi connectivity index (χ2v) is 9.34. The Kier molecular flexibility index (Phi) is 7.72. The van der Waals surface area contributed by atoms with Crippen molar-refractivity contribution in [3.05, 3.63) is 29.3 Å². The highest BCUT2D eigenvalue weighted by molar-refractivity contribution is 5.74. The van der Waals surface area contributed by atoms with E-state index in [9.17, 15) is 4.79 Å². The molecule has 31 heavy (non-hydrogen) atoms. The van der Waals surface area contributed by atoms with Crippen molar-refractivity contribution in [1.29, 1.82) is 0 Å². The summed E-state index contributed by atoms with van der Waals surface area (Å²) in [4.78, 5) is 19.5. The summed E-state index contributed by atoms with van der Waals surface area (Å²) in [6, 6.07) is 7.41. The van der Waals surface area contributed by atoms with Crippen LogP contribution in [0.5, 0.6) is 5.75 Å². The number of carbonyl (C=O) groups is 1. The Morgan fingerprint density at radius 1 is 1.10 bits per heavy atom. The smallest absolute Gasteiger partial charge is 0.320 e. The van der Waals surface area contributed by atoms with Crippen molar-refractivity contribution >= 4 is 6.03 Å². The average molecular weight is 430 g/mol. The maximum Gasteiger partial charge on any atom is 0.320 e. The van der Waals surface area contributed by atoms with E-state index in [-0.39, 0.29) is 6.03 Å². The van der Waals surface area contributed by atoms with E-state index in [1.54, 1.807) is 7.11 Å². The van der Waals surface area contributed by atoms with Crippen LogP contribution in [0.4, 0.5) is 4.79 Å². The van der Waals surface area contributed by atoms with E-state index in [1.807, 2.05) is 4.90 Å². The normalized spacial score (nSPS) is 22.5. The number of methoxy groups -OCH3 is 1. The fourth-order valence-corrected chi connectivity index (χ4v) is 5.46. The lowest BCUT2D eigenvalue weighted by Gasteiger charge is -2.41. The van der Waals surface area contributed by atoms with E-state index in [1.165, 1.54) is 24.0 Å². The van der Waals surface area contributed by atoms with Gasteiger partial charge in [0.2, 0.25) is 0 Å². The van der Waals surface area contributed by atoms with E-state index in [4.69, 9.17) is 9.47 Å². The number of hydrogen-bond donors (Lipinski definition) is 0. The standard InChI is InChI=1S/C25H39N3O3/c1-3-10-28(23-6-4-21-5-7-24(30-2)18-22(21)17-23)19-20-8-11-26(12-9-20)25(29)27-13-15-31-16-14-27/h5,7,18,20,23H,3-4,6,8-17,19H2,1-2H3. The van der Waals surface area contributed by atoms with Gasteiger partial charge in [0.25, 0.3) is 0 Å². The molecule has 6 heteroatoms.